The first kappa shape index (κ1) is 5.99. The molecule has 3 heterocycles. The summed E-state index contributed by atoms with van der Waals surface area (Å²) in [7, 11) is 0.871. The third-order valence-corrected chi connectivity index (χ3v) is 1.77. The van der Waals surface area contributed by atoms with Gasteiger partial charge >= 0.3 is 7.32 Å². The highest BCUT2D eigenvalue weighted by Crippen LogP contribution is 2.49. The predicted octanol–water partition coefficient (Wildman–Crippen LogP) is 0.239. The van der Waals surface area contributed by atoms with Gasteiger partial charge in [-0.3, -0.25) is 0 Å². The quantitative estimate of drug-likeness (QED) is 0.557. The maximum absolute atomic E-state index is 5.19. The van der Waals surface area contributed by atoms with Crippen LogP contribution in [0.1, 0.15) is 0 Å². The highest BCUT2D eigenvalue weighted by molar-refractivity contribution is 6.42. The van der Waals surface area contributed by atoms with Gasteiger partial charge in [-0.1, -0.05) is 0 Å². The van der Waals surface area contributed by atoms with Gasteiger partial charge in [-0.2, -0.15) is 0 Å². The standard InChI is InChI=1S/C6H4BNO4/c1-9-4-3-2-8-6-5(4)11-7(10-3)12-6/h2H,1H3. The van der Waals surface area contributed by atoms with Crippen molar-refractivity contribution in [2.75, 3.05) is 7.11 Å². The Morgan fingerprint density at radius 1 is 1.42 bits per heavy atom. The van der Waals surface area contributed by atoms with E-state index < -0.39 is 7.32 Å². The van der Waals surface area contributed by atoms with Gasteiger partial charge in [0.2, 0.25) is 17.4 Å². The molecular weight excluding hydrogens is 161 g/mol. The molecule has 2 aliphatic rings. The van der Waals surface area contributed by atoms with E-state index in [9.17, 15) is 0 Å². The average molecular weight is 165 g/mol. The lowest BCUT2D eigenvalue weighted by molar-refractivity contribution is 0.305. The molecule has 0 saturated heterocycles. The molecule has 0 fully saturated rings. The lowest BCUT2D eigenvalue weighted by atomic mass is 10.2. The summed E-state index contributed by atoms with van der Waals surface area (Å²) in [5, 5.41) is 0. The molecule has 0 saturated carbocycles. The third-order valence-electron chi connectivity index (χ3n) is 1.77. The van der Waals surface area contributed by atoms with Crippen LogP contribution in [0.3, 0.4) is 0 Å². The number of fused-ring (bicyclic) bond motifs is 2. The Kier molecular flexibility index (Phi) is 0.883. The van der Waals surface area contributed by atoms with Crippen molar-refractivity contribution in [1.82, 2.24) is 4.98 Å². The first-order valence-electron chi connectivity index (χ1n) is 3.45. The monoisotopic (exact) mass is 165 g/mol. The highest BCUT2D eigenvalue weighted by atomic mass is 16.8. The average Bonchev–Trinajstić information content (AvgIpc) is 2.28. The van der Waals surface area contributed by atoms with Crippen molar-refractivity contribution in [3.8, 4) is 23.1 Å². The number of rotatable bonds is 1. The van der Waals surface area contributed by atoms with Crippen molar-refractivity contribution >= 4 is 7.32 Å². The number of methoxy groups -OCH3 is 1. The number of aromatic nitrogens is 1. The normalized spacial score (nSPS) is 15.2. The molecule has 0 unspecified atom stereocenters. The second kappa shape index (κ2) is 1.77. The van der Waals surface area contributed by atoms with Crippen molar-refractivity contribution in [3.05, 3.63) is 6.20 Å². The van der Waals surface area contributed by atoms with E-state index in [0.717, 1.165) is 0 Å². The summed E-state index contributed by atoms with van der Waals surface area (Å²) in [6, 6.07) is 0. The minimum absolute atomic E-state index is 0.429. The molecule has 1 aromatic rings. The number of hydrogen-bond donors (Lipinski definition) is 0. The smallest absolute Gasteiger partial charge is 0.490 e. The van der Waals surface area contributed by atoms with E-state index in [1.54, 1.807) is 13.3 Å². The lowest BCUT2D eigenvalue weighted by Gasteiger charge is -2.14. The van der Waals surface area contributed by atoms with Gasteiger partial charge in [0.15, 0.2) is 5.75 Å². The molecule has 0 spiro atoms. The molecule has 3 rings (SSSR count). The Morgan fingerprint density at radius 3 is 3.17 bits per heavy atom. The van der Waals surface area contributed by atoms with Crippen molar-refractivity contribution in [2.45, 2.75) is 0 Å². The van der Waals surface area contributed by atoms with Crippen LogP contribution in [0.15, 0.2) is 6.20 Å². The Hall–Kier alpha value is -1.59. The maximum atomic E-state index is 5.19. The van der Waals surface area contributed by atoms with Crippen LogP contribution in [0.25, 0.3) is 0 Å². The Bertz CT molecular complexity index is 354. The van der Waals surface area contributed by atoms with E-state index in [4.69, 9.17) is 18.7 Å². The van der Waals surface area contributed by atoms with Crippen LogP contribution in [0, 0.1) is 0 Å². The van der Waals surface area contributed by atoms with Crippen LogP contribution < -0.4 is 18.7 Å². The van der Waals surface area contributed by atoms with Gasteiger partial charge in [0, 0.05) is 0 Å². The number of nitrogens with zero attached hydrogens (tertiary/aromatic N) is 1. The summed E-state index contributed by atoms with van der Waals surface area (Å²) in [6.07, 6.45) is 1.56. The fraction of sp³-hybridized carbons (Fsp3) is 0.167. The molecule has 0 amide bonds. The lowest BCUT2D eigenvalue weighted by Crippen LogP contribution is -2.33. The molecule has 0 aliphatic carbocycles. The summed E-state index contributed by atoms with van der Waals surface area (Å²) in [6.45, 7) is 0. The van der Waals surface area contributed by atoms with Crippen LogP contribution in [-0.4, -0.2) is 19.4 Å². The third kappa shape index (κ3) is 0.535. The minimum Gasteiger partial charge on any atom is -0.490 e. The summed E-state index contributed by atoms with van der Waals surface area (Å²) in [5.74, 6) is 2.07. The summed E-state index contributed by atoms with van der Waals surface area (Å²) in [4.78, 5) is 3.96. The number of pyridine rings is 1. The molecule has 2 aliphatic heterocycles. The van der Waals surface area contributed by atoms with E-state index in [2.05, 4.69) is 4.98 Å². The van der Waals surface area contributed by atoms with Gasteiger partial charge in [0.1, 0.15) is 0 Å². The second-order valence-electron chi connectivity index (χ2n) is 2.43. The molecule has 3 bridgehead atoms. The maximum Gasteiger partial charge on any atom is 0.865 e. The molecule has 60 valence electrons. The summed E-state index contributed by atoms with van der Waals surface area (Å²) < 4.78 is 20.5. The fourth-order valence-electron chi connectivity index (χ4n) is 1.27. The second-order valence-corrected chi connectivity index (χ2v) is 2.43. The molecule has 6 heteroatoms. The minimum atomic E-state index is -0.675. The molecule has 0 atom stereocenters. The predicted molar refractivity (Wildman–Crippen MR) is 38.4 cm³/mol. The van der Waals surface area contributed by atoms with E-state index in [1.165, 1.54) is 0 Å². The molecule has 5 nitrogen and oxygen atoms in total. The molecular formula is C6H4BNO4. The molecule has 12 heavy (non-hydrogen) atoms. The van der Waals surface area contributed by atoms with Crippen molar-refractivity contribution in [3.63, 3.8) is 0 Å². The first-order valence-corrected chi connectivity index (χ1v) is 3.45. The number of ether oxygens (including phenoxy) is 1. The summed E-state index contributed by atoms with van der Waals surface area (Å²) >= 11 is 0. The zero-order valence-corrected chi connectivity index (χ0v) is 6.23. The van der Waals surface area contributed by atoms with Gasteiger partial charge in [-0.05, 0) is 0 Å². The van der Waals surface area contributed by atoms with Crippen LogP contribution in [0.2, 0.25) is 0 Å². The zero-order chi connectivity index (χ0) is 8.13. The Morgan fingerprint density at radius 2 is 2.33 bits per heavy atom. The van der Waals surface area contributed by atoms with Crippen LogP contribution in [0.5, 0.6) is 23.1 Å². The Balaban J connectivity index is 2.31. The van der Waals surface area contributed by atoms with Crippen molar-refractivity contribution in [1.29, 1.82) is 0 Å². The van der Waals surface area contributed by atoms with Gasteiger partial charge in [-0.15, -0.1) is 0 Å². The van der Waals surface area contributed by atoms with Gasteiger partial charge in [-0.25, -0.2) is 4.98 Å². The van der Waals surface area contributed by atoms with E-state index >= 15 is 0 Å². The zero-order valence-electron chi connectivity index (χ0n) is 6.23. The SMILES string of the molecule is COc1c2cnc3c1OB(O2)O3. The topological polar surface area (TPSA) is 49.8 Å². The first-order chi connectivity index (χ1) is 5.88. The van der Waals surface area contributed by atoms with Crippen molar-refractivity contribution < 1.29 is 18.7 Å². The van der Waals surface area contributed by atoms with Gasteiger partial charge in [0.25, 0.3) is 0 Å². The molecule has 0 N–H and O–H groups in total. The molecule has 1 aromatic heterocycles. The van der Waals surface area contributed by atoms with Crippen LogP contribution in [0.4, 0.5) is 0 Å². The van der Waals surface area contributed by atoms with E-state index in [1.807, 2.05) is 0 Å². The number of hydrogen-bond acceptors (Lipinski definition) is 5. The van der Waals surface area contributed by atoms with Gasteiger partial charge in [0.05, 0.1) is 13.3 Å². The fourth-order valence-corrected chi connectivity index (χ4v) is 1.27. The van der Waals surface area contributed by atoms with E-state index in [-0.39, 0.29) is 0 Å². The molecule has 0 aromatic carbocycles. The van der Waals surface area contributed by atoms with Crippen molar-refractivity contribution in [2.24, 2.45) is 0 Å². The molecule has 0 radical (unpaired) electrons. The van der Waals surface area contributed by atoms with Gasteiger partial charge < -0.3 is 18.7 Å². The highest BCUT2D eigenvalue weighted by Gasteiger charge is 2.47. The largest absolute Gasteiger partial charge is 0.865 e. The summed E-state index contributed by atoms with van der Waals surface area (Å²) in [5.41, 5.74) is 0. The van der Waals surface area contributed by atoms with Crippen LogP contribution >= 0.6 is 0 Å². The Labute approximate surface area is 68.4 Å². The van der Waals surface area contributed by atoms with Crippen LogP contribution in [-0.2, 0) is 0 Å². The van der Waals surface area contributed by atoms with E-state index in [0.29, 0.717) is 23.1 Å².